The number of non-ortho nitro benzene ring substituents is 1. The molecule has 0 aliphatic carbocycles. The van der Waals surface area contributed by atoms with Gasteiger partial charge in [0.25, 0.3) is 5.69 Å². The number of thiazole rings is 1. The molecule has 0 N–H and O–H groups in total. The first-order valence-electron chi connectivity index (χ1n) is 7.36. The van der Waals surface area contributed by atoms with Crippen LogP contribution in [0.15, 0.2) is 42.0 Å². The Bertz CT molecular complexity index is 887. The summed E-state index contributed by atoms with van der Waals surface area (Å²) in [7, 11) is 1.91. The van der Waals surface area contributed by atoms with Crippen LogP contribution in [-0.2, 0) is 13.1 Å². The summed E-state index contributed by atoms with van der Waals surface area (Å²) in [5, 5.41) is 14.1. The molecule has 2 aromatic heterocycles. The Hall–Kier alpha value is -2.42. The lowest BCUT2D eigenvalue weighted by Gasteiger charge is -2.16. The zero-order valence-electron chi connectivity index (χ0n) is 13.3. The smallest absolute Gasteiger partial charge is 0.269 e. The molecule has 0 radical (unpaired) electrons. The van der Waals surface area contributed by atoms with E-state index in [1.165, 1.54) is 23.5 Å². The van der Waals surface area contributed by atoms with E-state index in [1.54, 1.807) is 24.5 Å². The number of hydrogen-bond donors (Lipinski definition) is 0. The molecule has 0 aliphatic heterocycles. The highest BCUT2D eigenvalue weighted by Crippen LogP contribution is 2.24. The average Bonchev–Trinajstić information content (AvgIpc) is 3.06. The van der Waals surface area contributed by atoms with E-state index >= 15 is 0 Å². The number of aromatic nitrogens is 3. The first-order chi connectivity index (χ1) is 12.0. The molecule has 0 bridgehead atoms. The Morgan fingerprint density at radius 2 is 2.04 bits per heavy atom. The Morgan fingerprint density at radius 1 is 1.28 bits per heavy atom. The summed E-state index contributed by atoms with van der Waals surface area (Å²) in [4.78, 5) is 25.4. The number of hydrogen-bond acceptors (Lipinski definition) is 7. The topological polar surface area (TPSA) is 85.0 Å². The van der Waals surface area contributed by atoms with Crippen LogP contribution in [0.4, 0.5) is 5.69 Å². The molecule has 25 heavy (non-hydrogen) atoms. The van der Waals surface area contributed by atoms with Crippen molar-refractivity contribution in [3.8, 4) is 10.8 Å². The van der Waals surface area contributed by atoms with E-state index in [1.807, 2.05) is 17.3 Å². The Labute approximate surface area is 153 Å². The molecule has 0 aliphatic rings. The van der Waals surface area contributed by atoms with Crippen molar-refractivity contribution in [1.82, 2.24) is 19.9 Å². The number of halogens is 1. The molecule has 0 atom stereocenters. The van der Waals surface area contributed by atoms with Crippen molar-refractivity contribution in [2.45, 2.75) is 13.1 Å². The van der Waals surface area contributed by atoms with Gasteiger partial charge < -0.3 is 0 Å². The van der Waals surface area contributed by atoms with Crippen molar-refractivity contribution >= 4 is 28.6 Å². The largest absolute Gasteiger partial charge is 0.296 e. The summed E-state index contributed by atoms with van der Waals surface area (Å²) in [6, 6.07) is 6.21. The van der Waals surface area contributed by atoms with Crippen molar-refractivity contribution in [2.75, 3.05) is 7.05 Å². The van der Waals surface area contributed by atoms with E-state index in [9.17, 15) is 10.1 Å². The Balaban J connectivity index is 1.69. The summed E-state index contributed by atoms with van der Waals surface area (Å²) in [6.07, 6.45) is 3.36. The zero-order chi connectivity index (χ0) is 17.8. The third-order valence-corrected chi connectivity index (χ3v) is 4.68. The third kappa shape index (κ3) is 4.36. The molecule has 0 spiro atoms. The highest BCUT2D eigenvalue weighted by atomic mass is 35.5. The second-order valence-corrected chi connectivity index (χ2v) is 6.69. The van der Waals surface area contributed by atoms with E-state index in [4.69, 9.17) is 11.6 Å². The van der Waals surface area contributed by atoms with Gasteiger partial charge in [0.15, 0.2) is 10.8 Å². The highest BCUT2D eigenvalue weighted by molar-refractivity contribution is 7.13. The number of nitro benzene ring substituents is 1. The van der Waals surface area contributed by atoms with Gasteiger partial charge in [0.2, 0.25) is 0 Å². The molecule has 0 unspecified atom stereocenters. The maximum atomic E-state index is 10.9. The van der Waals surface area contributed by atoms with E-state index < -0.39 is 4.92 Å². The van der Waals surface area contributed by atoms with Crippen LogP contribution in [0, 0.1) is 10.1 Å². The normalized spacial score (nSPS) is 11.0. The average molecular weight is 376 g/mol. The molecular weight excluding hydrogens is 362 g/mol. The summed E-state index contributed by atoms with van der Waals surface area (Å²) in [5.74, 6) is 0.600. The molecule has 3 rings (SSSR count). The predicted octanol–water partition coefficient (Wildman–Crippen LogP) is 3.79. The third-order valence-electron chi connectivity index (χ3n) is 3.42. The quantitative estimate of drug-likeness (QED) is 0.481. The standard InChI is InChI=1S/C16H14ClN5O2S/c1-21(8-11-7-13(22(23)24)3-4-14(11)17)9-12-10-25-16(20-12)15-18-5-2-6-19-15/h2-7,10H,8-9H2,1H3. The highest BCUT2D eigenvalue weighted by Gasteiger charge is 2.13. The van der Waals surface area contributed by atoms with E-state index in [2.05, 4.69) is 15.0 Å². The van der Waals surface area contributed by atoms with E-state index in [-0.39, 0.29) is 5.69 Å². The minimum atomic E-state index is -0.424. The number of benzene rings is 1. The number of nitrogens with zero attached hydrogens (tertiary/aromatic N) is 5. The van der Waals surface area contributed by atoms with Crippen molar-refractivity contribution < 1.29 is 4.92 Å². The molecule has 7 nitrogen and oxygen atoms in total. The van der Waals surface area contributed by atoms with Gasteiger partial charge in [0.1, 0.15) is 0 Å². The lowest BCUT2D eigenvalue weighted by molar-refractivity contribution is -0.384. The summed E-state index contributed by atoms with van der Waals surface area (Å²) in [5.41, 5.74) is 1.63. The zero-order valence-corrected chi connectivity index (χ0v) is 14.9. The maximum absolute atomic E-state index is 10.9. The minimum absolute atomic E-state index is 0.0324. The van der Waals surface area contributed by atoms with Crippen molar-refractivity contribution in [3.63, 3.8) is 0 Å². The first kappa shape index (κ1) is 17.4. The van der Waals surface area contributed by atoms with Gasteiger partial charge in [-0.1, -0.05) is 11.6 Å². The second-order valence-electron chi connectivity index (χ2n) is 5.42. The summed E-state index contributed by atoms with van der Waals surface area (Å²) in [6.45, 7) is 1.07. The molecule has 2 heterocycles. The molecule has 128 valence electrons. The van der Waals surface area contributed by atoms with E-state index in [0.717, 1.165) is 10.7 Å². The fourth-order valence-electron chi connectivity index (χ4n) is 2.31. The molecule has 0 saturated carbocycles. The number of nitro groups is 1. The lowest BCUT2D eigenvalue weighted by Crippen LogP contribution is -2.17. The van der Waals surface area contributed by atoms with Crippen LogP contribution in [0.5, 0.6) is 0 Å². The van der Waals surface area contributed by atoms with Crippen LogP contribution in [0.1, 0.15) is 11.3 Å². The Kier molecular flexibility index (Phi) is 5.32. The van der Waals surface area contributed by atoms with Crippen LogP contribution in [0.25, 0.3) is 10.8 Å². The van der Waals surface area contributed by atoms with Gasteiger partial charge in [-0.25, -0.2) is 15.0 Å². The molecule has 9 heteroatoms. The van der Waals surface area contributed by atoms with E-state index in [0.29, 0.717) is 29.5 Å². The molecule has 0 saturated heterocycles. The van der Waals surface area contributed by atoms with Gasteiger partial charge in [-0.05, 0) is 24.7 Å². The van der Waals surface area contributed by atoms with Gasteiger partial charge in [-0.2, -0.15) is 0 Å². The van der Waals surface area contributed by atoms with Crippen LogP contribution in [0.2, 0.25) is 5.02 Å². The van der Waals surface area contributed by atoms with Gasteiger partial charge in [0, 0.05) is 48.0 Å². The monoisotopic (exact) mass is 375 g/mol. The summed E-state index contributed by atoms with van der Waals surface area (Å²) >= 11 is 7.64. The molecule has 0 fully saturated rings. The van der Waals surface area contributed by atoms with Gasteiger partial charge in [-0.15, -0.1) is 11.3 Å². The SMILES string of the molecule is CN(Cc1csc(-c2ncccn2)n1)Cc1cc([N+](=O)[O-])ccc1Cl. The van der Waals surface area contributed by atoms with Crippen LogP contribution in [0.3, 0.4) is 0 Å². The fraction of sp³-hybridized carbons (Fsp3) is 0.188. The molecular formula is C16H14ClN5O2S. The van der Waals surface area contributed by atoms with Gasteiger partial charge in [-0.3, -0.25) is 15.0 Å². The van der Waals surface area contributed by atoms with Gasteiger partial charge >= 0.3 is 0 Å². The number of rotatable bonds is 6. The predicted molar refractivity (Wildman–Crippen MR) is 96.4 cm³/mol. The fourth-order valence-corrected chi connectivity index (χ4v) is 3.24. The molecule has 1 aromatic carbocycles. The summed E-state index contributed by atoms with van der Waals surface area (Å²) < 4.78 is 0. The Morgan fingerprint density at radius 3 is 2.76 bits per heavy atom. The van der Waals surface area contributed by atoms with Crippen molar-refractivity contribution in [3.05, 3.63) is 68.4 Å². The lowest BCUT2D eigenvalue weighted by atomic mass is 10.2. The van der Waals surface area contributed by atoms with Crippen LogP contribution < -0.4 is 0 Å². The van der Waals surface area contributed by atoms with Gasteiger partial charge in [0.05, 0.1) is 10.6 Å². The molecule has 3 aromatic rings. The van der Waals surface area contributed by atoms with Crippen molar-refractivity contribution in [2.24, 2.45) is 0 Å². The molecule has 0 amide bonds. The van der Waals surface area contributed by atoms with Crippen LogP contribution >= 0.6 is 22.9 Å². The van der Waals surface area contributed by atoms with Crippen molar-refractivity contribution in [1.29, 1.82) is 0 Å². The second kappa shape index (κ2) is 7.64. The van der Waals surface area contributed by atoms with Crippen LogP contribution in [-0.4, -0.2) is 31.8 Å². The minimum Gasteiger partial charge on any atom is -0.296 e. The maximum Gasteiger partial charge on any atom is 0.269 e. The first-order valence-corrected chi connectivity index (χ1v) is 8.62.